The molecule has 2 fully saturated rings. The minimum Gasteiger partial charge on any atom is -0.460 e. The fourth-order valence-electron chi connectivity index (χ4n) is 3.29. The van der Waals surface area contributed by atoms with Gasteiger partial charge in [-0.1, -0.05) is 12.1 Å². The van der Waals surface area contributed by atoms with Gasteiger partial charge in [-0.25, -0.2) is 4.79 Å². The largest absolute Gasteiger partial charge is 0.460 e. The molecule has 25 heavy (non-hydrogen) atoms. The average molecular weight is 348 g/mol. The number of nitro groups is 1. The first-order valence-electron chi connectivity index (χ1n) is 8.35. The van der Waals surface area contributed by atoms with Crippen molar-refractivity contribution in [2.24, 2.45) is 5.92 Å². The Morgan fingerprint density at radius 2 is 2.00 bits per heavy atom. The SMILES string of the molecule is C[C@H]1C[C@@H](OC(=O)C2CCN(c3ccccc3[N+](=O)[O-])CC2)C(=O)O1. The van der Waals surface area contributed by atoms with Crippen molar-refractivity contribution in [3.63, 3.8) is 0 Å². The lowest BCUT2D eigenvalue weighted by atomic mass is 9.96. The van der Waals surface area contributed by atoms with Gasteiger partial charge in [0.05, 0.1) is 10.8 Å². The lowest BCUT2D eigenvalue weighted by molar-refractivity contribution is -0.384. The van der Waals surface area contributed by atoms with E-state index in [1.165, 1.54) is 6.07 Å². The highest BCUT2D eigenvalue weighted by atomic mass is 16.6. The van der Waals surface area contributed by atoms with E-state index in [0.717, 1.165) is 0 Å². The van der Waals surface area contributed by atoms with Gasteiger partial charge < -0.3 is 14.4 Å². The quantitative estimate of drug-likeness (QED) is 0.466. The highest BCUT2D eigenvalue weighted by Gasteiger charge is 2.37. The van der Waals surface area contributed by atoms with Gasteiger partial charge in [0.25, 0.3) is 5.69 Å². The van der Waals surface area contributed by atoms with E-state index in [0.29, 0.717) is 38.0 Å². The number of nitrogens with zero attached hydrogens (tertiary/aromatic N) is 2. The summed E-state index contributed by atoms with van der Waals surface area (Å²) in [5, 5.41) is 11.1. The Balaban J connectivity index is 1.58. The molecule has 0 N–H and O–H groups in total. The van der Waals surface area contributed by atoms with E-state index in [4.69, 9.17) is 9.47 Å². The van der Waals surface area contributed by atoms with Gasteiger partial charge in [-0.2, -0.15) is 0 Å². The molecule has 3 rings (SSSR count). The zero-order chi connectivity index (χ0) is 18.0. The van der Waals surface area contributed by atoms with Crippen LogP contribution < -0.4 is 4.90 Å². The Morgan fingerprint density at radius 3 is 2.60 bits per heavy atom. The third-order valence-corrected chi connectivity index (χ3v) is 4.63. The first kappa shape index (κ1) is 17.2. The van der Waals surface area contributed by atoms with Gasteiger partial charge in [0, 0.05) is 25.6 Å². The Labute approximate surface area is 144 Å². The van der Waals surface area contributed by atoms with Crippen LogP contribution >= 0.6 is 0 Å². The monoisotopic (exact) mass is 348 g/mol. The number of para-hydroxylation sites is 2. The highest BCUT2D eigenvalue weighted by molar-refractivity contribution is 5.82. The molecule has 0 saturated carbocycles. The number of nitro benzene ring substituents is 1. The van der Waals surface area contributed by atoms with Gasteiger partial charge in [0.2, 0.25) is 6.10 Å². The molecule has 1 aromatic rings. The summed E-state index contributed by atoms with van der Waals surface area (Å²) in [6, 6.07) is 6.58. The van der Waals surface area contributed by atoms with Crippen LogP contribution in [-0.2, 0) is 19.1 Å². The van der Waals surface area contributed by atoms with Crippen molar-refractivity contribution in [1.82, 2.24) is 0 Å². The van der Waals surface area contributed by atoms with Gasteiger partial charge in [-0.3, -0.25) is 14.9 Å². The standard InChI is InChI=1S/C17H20N2O6/c1-11-10-15(17(21)24-11)25-16(20)12-6-8-18(9-7-12)13-4-2-3-5-14(13)19(22)23/h2-5,11-12,15H,6-10H2,1H3/t11-,15+/m0/s1. The van der Waals surface area contributed by atoms with Gasteiger partial charge >= 0.3 is 11.9 Å². The van der Waals surface area contributed by atoms with Crippen LogP contribution in [0.4, 0.5) is 11.4 Å². The van der Waals surface area contributed by atoms with Crippen LogP contribution in [-0.4, -0.2) is 42.2 Å². The minimum atomic E-state index is -0.809. The second-order valence-electron chi connectivity index (χ2n) is 6.42. The number of esters is 2. The summed E-state index contributed by atoms with van der Waals surface area (Å²) in [6.45, 7) is 2.81. The van der Waals surface area contributed by atoms with Gasteiger partial charge in [-0.15, -0.1) is 0 Å². The predicted molar refractivity (Wildman–Crippen MR) is 88.1 cm³/mol. The molecule has 1 aromatic carbocycles. The van der Waals surface area contributed by atoms with Crippen LogP contribution in [0.1, 0.15) is 26.2 Å². The van der Waals surface area contributed by atoms with E-state index in [1.54, 1.807) is 25.1 Å². The number of hydrogen-bond acceptors (Lipinski definition) is 7. The van der Waals surface area contributed by atoms with Crippen LogP contribution in [0.15, 0.2) is 24.3 Å². The third-order valence-electron chi connectivity index (χ3n) is 4.63. The number of carbonyl (C=O) groups excluding carboxylic acids is 2. The van der Waals surface area contributed by atoms with Crippen LogP contribution in [0.25, 0.3) is 0 Å². The minimum absolute atomic E-state index is 0.0613. The fourth-order valence-corrected chi connectivity index (χ4v) is 3.29. The van der Waals surface area contributed by atoms with Crippen LogP contribution in [0.5, 0.6) is 0 Å². The second-order valence-corrected chi connectivity index (χ2v) is 6.42. The maximum Gasteiger partial charge on any atom is 0.347 e. The highest BCUT2D eigenvalue weighted by Crippen LogP contribution is 2.31. The van der Waals surface area contributed by atoms with Gasteiger partial charge in [0.15, 0.2) is 0 Å². The summed E-state index contributed by atoms with van der Waals surface area (Å²) in [7, 11) is 0. The second kappa shape index (κ2) is 7.08. The van der Waals surface area contributed by atoms with Crippen LogP contribution in [0.3, 0.4) is 0 Å². The number of benzene rings is 1. The number of rotatable bonds is 4. The molecule has 2 heterocycles. The molecule has 0 unspecified atom stereocenters. The van der Waals surface area contributed by atoms with E-state index in [1.807, 2.05) is 4.90 Å². The molecule has 8 nitrogen and oxygen atoms in total. The van der Waals surface area contributed by atoms with Crippen LogP contribution in [0, 0.1) is 16.0 Å². The molecule has 134 valence electrons. The van der Waals surface area contributed by atoms with Crippen molar-refractivity contribution in [3.05, 3.63) is 34.4 Å². The predicted octanol–water partition coefficient (Wildman–Crippen LogP) is 2.06. The molecular weight excluding hydrogens is 328 g/mol. The van der Waals surface area contributed by atoms with E-state index in [9.17, 15) is 19.7 Å². The van der Waals surface area contributed by atoms with Crippen LogP contribution in [0.2, 0.25) is 0 Å². The molecule has 8 heteroatoms. The van der Waals surface area contributed by atoms with Crippen molar-refractivity contribution in [1.29, 1.82) is 0 Å². The van der Waals surface area contributed by atoms with E-state index >= 15 is 0 Å². The molecule has 2 aliphatic rings. The molecule has 0 radical (unpaired) electrons. The van der Waals surface area contributed by atoms with Crippen molar-refractivity contribution >= 4 is 23.3 Å². The summed E-state index contributed by atoms with van der Waals surface area (Å²) in [6.07, 6.45) is 0.408. The summed E-state index contributed by atoms with van der Waals surface area (Å²) in [4.78, 5) is 36.5. The first-order chi connectivity index (χ1) is 12.0. The lowest BCUT2D eigenvalue weighted by Gasteiger charge is -2.32. The van der Waals surface area contributed by atoms with E-state index in [2.05, 4.69) is 0 Å². The Hall–Kier alpha value is -2.64. The molecule has 2 saturated heterocycles. The molecule has 2 atom stereocenters. The number of cyclic esters (lactones) is 1. The van der Waals surface area contributed by atoms with Crippen molar-refractivity contribution in [2.45, 2.75) is 38.4 Å². The molecule has 0 aromatic heterocycles. The molecule has 0 amide bonds. The molecule has 0 spiro atoms. The normalized spacial score (nSPS) is 24.0. The number of hydrogen-bond donors (Lipinski definition) is 0. The third kappa shape index (κ3) is 3.72. The summed E-state index contributed by atoms with van der Waals surface area (Å²) in [5.74, 6) is -1.18. The lowest BCUT2D eigenvalue weighted by Crippen LogP contribution is -2.38. The number of carbonyl (C=O) groups is 2. The van der Waals surface area contributed by atoms with Crippen molar-refractivity contribution in [2.75, 3.05) is 18.0 Å². The Morgan fingerprint density at radius 1 is 1.32 bits per heavy atom. The van der Waals surface area contributed by atoms with E-state index in [-0.39, 0.29) is 17.7 Å². The van der Waals surface area contributed by atoms with Gasteiger partial charge in [-0.05, 0) is 25.8 Å². The summed E-state index contributed by atoms with van der Waals surface area (Å²) < 4.78 is 10.3. The number of piperidine rings is 1. The topological polar surface area (TPSA) is 99.0 Å². The smallest absolute Gasteiger partial charge is 0.347 e. The summed E-state index contributed by atoms with van der Waals surface area (Å²) in [5.41, 5.74) is 0.624. The Bertz CT molecular complexity index is 683. The number of ether oxygens (including phenoxy) is 2. The molecular formula is C17H20N2O6. The maximum atomic E-state index is 12.3. The fraction of sp³-hybridized carbons (Fsp3) is 0.529. The number of anilines is 1. The maximum absolute atomic E-state index is 12.3. The van der Waals surface area contributed by atoms with Gasteiger partial charge in [0.1, 0.15) is 11.8 Å². The zero-order valence-corrected chi connectivity index (χ0v) is 13.9. The van der Waals surface area contributed by atoms with Crippen molar-refractivity contribution < 1.29 is 24.0 Å². The van der Waals surface area contributed by atoms with E-state index < -0.39 is 23.0 Å². The summed E-state index contributed by atoms with van der Waals surface area (Å²) >= 11 is 0. The average Bonchev–Trinajstić information content (AvgIpc) is 2.92. The molecule has 0 bridgehead atoms. The zero-order valence-electron chi connectivity index (χ0n) is 13.9. The molecule has 0 aliphatic carbocycles. The first-order valence-corrected chi connectivity index (χ1v) is 8.35. The van der Waals surface area contributed by atoms with Crippen molar-refractivity contribution in [3.8, 4) is 0 Å². The Kier molecular flexibility index (Phi) is 4.87. The molecule has 2 aliphatic heterocycles.